The molecule has 6 heteroatoms. The van der Waals surface area contributed by atoms with Crippen LogP contribution in [0.4, 0.5) is 4.39 Å². The van der Waals surface area contributed by atoms with Crippen molar-refractivity contribution >= 4 is 17.4 Å². The molecule has 1 rings (SSSR count). The number of carbonyl (C=O) groups is 2. The molecule has 1 atom stereocenters. The third-order valence-corrected chi connectivity index (χ3v) is 3.26. The molecule has 0 saturated carbocycles. The van der Waals surface area contributed by atoms with Crippen LogP contribution in [0.5, 0.6) is 0 Å². The second-order valence-corrected chi connectivity index (χ2v) is 5.09. The van der Waals surface area contributed by atoms with Gasteiger partial charge in [-0.05, 0) is 35.3 Å². The largest absolute Gasteiger partial charge is 0.480 e. The minimum Gasteiger partial charge on any atom is -0.480 e. The van der Waals surface area contributed by atoms with Gasteiger partial charge in [0.1, 0.15) is 11.9 Å². The number of hydrogen-bond donors (Lipinski definition) is 3. The minimum absolute atomic E-state index is 0.236. The van der Waals surface area contributed by atoms with E-state index >= 15 is 0 Å². The molecule has 0 aromatic heterocycles. The lowest BCUT2D eigenvalue weighted by molar-refractivity contribution is -0.138. The fourth-order valence-corrected chi connectivity index (χ4v) is 1.95. The summed E-state index contributed by atoms with van der Waals surface area (Å²) in [7, 11) is 0. The number of aryl methyl sites for hydroxylation is 1. The first-order chi connectivity index (χ1) is 11.3. The molecule has 5 nitrogen and oxygen atoms in total. The molecule has 0 fully saturated rings. The highest BCUT2D eigenvalue weighted by atomic mass is 19.1. The Hall–Kier alpha value is -2.73. The number of benzene rings is 1. The van der Waals surface area contributed by atoms with Gasteiger partial charge in [0.15, 0.2) is 0 Å². The number of hydrogen-bond acceptors (Lipinski definition) is 3. The van der Waals surface area contributed by atoms with Crippen molar-refractivity contribution in [2.24, 2.45) is 5.73 Å². The fraction of sp³-hybridized carbons (Fsp3) is 0.222. The molecule has 0 saturated heterocycles. The van der Waals surface area contributed by atoms with E-state index in [1.54, 1.807) is 0 Å². The lowest BCUT2D eigenvalue weighted by atomic mass is 9.99. The van der Waals surface area contributed by atoms with Crippen molar-refractivity contribution in [1.29, 1.82) is 0 Å². The van der Waals surface area contributed by atoms with E-state index in [0.29, 0.717) is 5.57 Å². The average molecular weight is 332 g/mol. The van der Waals surface area contributed by atoms with E-state index < -0.39 is 23.7 Å². The van der Waals surface area contributed by atoms with Crippen LogP contribution in [0.3, 0.4) is 0 Å². The number of nitrogens with one attached hydrogen (secondary N) is 1. The molecule has 0 aliphatic rings. The molecule has 0 radical (unpaired) electrons. The van der Waals surface area contributed by atoms with Crippen LogP contribution in [0.15, 0.2) is 54.9 Å². The van der Waals surface area contributed by atoms with E-state index in [9.17, 15) is 14.0 Å². The Bertz CT molecular complexity index is 681. The molecular formula is C18H21FN2O3. The van der Waals surface area contributed by atoms with E-state index in [-0.39, 0.29) is 6.54 Å². The van der Waals surface area contributed by atoms with E-state index in [0.717, 1.165) is 29.7 Å². The third-order valence-electron chi connectivity index (χ3n) is 3.26. The van der Waals surface area contributed by atoms with E-state index in [1.807, 2.05) is 31.2 Å². The zero-order valence-corrected chi connectivity index (χ0v) is 13.5. The van der Waals surface area contributed by atoms with Gasteiger partial charge in [-0.1, -0.05) is 37.8 Å². The summed E-state index contributed by atoms with van der Waals surface area (Å²) in [4.78, 5) is 22.0. The van der Waals surface area contributed by atoms with Crippen molar-refractivity contribution in [2.45, 2.75) is 19.4 Å². The standard InChI is InChI=1S/C18H21FN2O3/c1-3-13-6-4-5-7-15(13)12(2)10-14(19)8-9-17(22)21-11-16(20)18(23)24/h4-10,16H,2-3,11,20H2,1H3,(H,21,22)(H,23,24)/b9-8+,14-10+. The van der Waals surface area contributed by atoms with Gasteiger partial charge in [0, 0.05) is 12.6 Å². The summed E-state index contributed by atoms with van der Waals surface area (Å²) in [5, 5.41) is 10.9. The van der Waals surface area contributed by atoms with Gasteiger partial charge in [0.25, 0.3) is 0 Å². The molecule has 1 unspecified atom stereocenters. The molecule has 1 amide bonds. The third kappa shape index (κ3) is 6.18. The van der Waals surface area contributed by atoms with Crippen LogP contribution in [0.25, 0.3) is 5.57 Å². The zero-order valence-electron chi connectivity index (χ0n) is 13.5. The number of nitrogens with two attached hydrogens (primary N) is 1. The molecule has 1 aromatic rings. The van der Waals surface area contributed by atoms with E-state index in [2.05, 4.69) is 11.9 Å². The summed E-state index contributed by atoms with van der Waals surface area (Å²) in [6, 6.07) is 6.35. The van der Waals surface area contributed by atoms with Crippen molar-refractivity contribution in [3.05, 3.63) is 66.0 Å². The first-order valence-corrected chi connectivity index (χ1v) is 7.43. The van der Waals surface area contributed by atoms with Gasteiger partial charge in [-0.2, -0.15) is 0 Å². The maximum Gasteiger partial charge on any atom is 0.322 e. The Morgan fingerprint density at radius 2 is 2.04 bits per heavy atom. The predicted molar refractivity (Wildman–Crippen MR) is 91.8 cm³/mol. The lowest BCUT2D eigenvalue weighted by Crippen LogP contribution is -2.41. The van der Waals surface area contributed by atoms with Crippen molar-refractivity contribution in [3.8, 4) is 0 Å². The number of halogens is 1. The highest BCUT2D eigenvalue weighted by molar-refractivity contribution is 5.88. The number of aliphatic carboxylic acids is 1. The molecule has 0 spiro atoms. The van der Waals surface area contributed by atoms with Crippen molar-refractivity contribution in [2.75, 3.05) is 6.54 Å². The Balaban J connectivity index is 2.67. The second kappa shape index (κ2) is 9.42. The quantitative estimate of drug-likeness (QED) is 0.503. The van der Waals surface area contributed by atoms with E-state index in [1.165, 1.54) is 6.08 Å². The van der Waals surface area contributed by atoms with E-state index in [4.69, 9.17) is 10.8 Å². The fourth-order valence-electron chi connectivity index (χ4n) is 1.95. The van der Waals surface area contributed by atoms with Gasteiger partial charge in [0.2, 0.25) is 5.91 Å². The Labute approximate surface area is 140 Å². The smallest absolute Gasteiger partial charge is 0.322 e. The first kappa shape index (κ1) is 19.3. The van der Waals surface area contributed by atoms with Gasteiger partial charge in [-0.15, -0.1) is 0 Å². The minimum atomic E-state index is -1.23. The van der Waals surface area contributed by atoms with Gasteiger partial charge in [-0.3, -0.25) is 9.59 Å². The van der Waals surface area contributed by atoms with Crippen LogP contribution in [-0.2, 0) is 16.0 Å². The number of carbonyl (C=O) groups excluding carboxylic acids is 1. The van der Waals surface area contributed by atoms with Crippen LogP contribution < -0.4 is 11.1 Å². The number of rotatable bonds is 8. The Kier molecular flexibility index (Phi) is 7.58. The molecular weight excluding hydrogens is 311 g/mol. The van der Waals surface area contributed by atoms with Gasteiger partial charge in [0.05, 0.1) is 0 Å². The van der Waals surface area contributed by atoms with Gasteiger partial charge in [-0.25, -0.2) is 4.39 Å². The summed E-state index contributed by atoms with van der Waals surface area (Å²) in [5.41, 5.74) is 7.65. The molecule has 0 heterocycles. The summed E-state index contributed by atoms with van der Waals surface area (Å²) in [5.74, 6) is -2.49. The molecule has 24 heavy (non-hydrogen) atoms. The van der Waals surface area contributed by atoms with Crippen LogP contribution in [0, 0.1) is 0 Å². The maximum absolute atomic E-state index is 13.9. The second-order valence-electron chi connectivity index (χ2n) is 5.09. The Morgan fingerprint density at radius 1 is 1.38 bits per heavy atom. The maximum atomic E-state index is 13.9. The zero-order chi connectivity index (χ0) is 18.1. The molecule has 128 valence electrons. The van der Waals surface area contributed by atoms with Crippen molar-refractivity contribution < 1.29 is 19.1 Å². The molecule has 0 aliphatic carbocycles. The monoisotopic (exact) mass is 332 g/mol. The summed E-state index contributed by atoms with van der Waals surface area (Å²) < 4.78 is 13.9. The number of amides is 1. The first-order valence-electron chi connectivity index (χ1n) is 7.43. The average Bonchev–Trinajstić information content (AvgIpc) is 2.57. The molecule has 1 aromatic carbocycles. The SMILES string of the molecule is C=C(/C=C(F)\C=C\C(=O)NCC(N)C(=O)O)c1ccccc1CC. The predicted octanol–water partition coefficient (Wildman–Crippen LogP) is 2.20. The molecule has 4 N–H and O–H groups in total. The number of carboxylic acids is 1. The topological polar surface area (TPSA) is 92.4 Å². The van der Waals surface area contributed by atoms with Crippen molar-refractivity contribution in [3.63, 3.8) is 0 Å². The van der Waals surface area contributed by atoms with Crippen LogP contribution in [0.2, 0.25) is 0 Å². The van der Waals surface area contributed by atoms with Crippen LogP contribution in [-0.4, -0.2) is 29.6 Å². The van der Waals surface area contributed by atoms with Crippen molar-refractivity contribution in [1.82, 2.24) is 5.32 Å². The summed E-state index contributed by atoms with van der Waals surface area (Å²) >= 11 is 0. The normalized spacial score (nSPS) is 12.9. The van der Waals surface area contributed by atoms with Crippen LogP contribution >= 0.6 is 0 Å². The Morgan fingerprint density at radius 3 is 2.67 bits per heavy atom. The summed E-state index contributed by atoms with van der Waals surface area (Å²) in [6.07, 6.45) is 3.99. The molecule has 0 bridgehead atoms. The highest BCUT2D eigenvalue weighted by Crippen LogP contribution is 2.21. The highest BCUT2D eigenvalue weighted by Gasteiger charge is 2.11. The summed E-state index contributed by atoms with van der Waals surface area (Å²) in [6.45, 7) is 5.61. The lowest BCUT2D eigenvalue weighted by Gasteiger charge is -2.07. The number of carboxylic acid groups (broad SMARTS) is 1. The van der Waals surface area contributed by atoms with Crippen LogP contribution in [0.1, 0.15) is 18.1 Å². The molecule has 0 aliphatic heterocycles. The number of allylic oxidation sites excluding steroid dienone is 4. The van der Waals surface area contributed by atoms with Gasteiger partial charge < -0.3 is 16.2 Å². The van der Waals surface area contributed by atoms with Gasteiger partial charge >= 0.3 is 5.97 Å².